The summed E-state index contributed by atoms with van der Waals surface area (Å²) in [5, 5.41) is 14.8. The van der Waals surface area contributed by atoms with Gasteiger partial charge in [-0.25, -0.2) is 9.59 Å². The summed E-state index contributed by atoms with van der Waals surface area (Å²) in [4.78, 5) is 51.1. The van der Waals surface area contributed by atoms with E-state index >= 15 is 0 Å². The molecule has 0 aliphatic carbocycles. The van der Waals surface area contributed by atoms with Crippen molar-refractivity contribution < 1.29 is 29.0 Å². The molecule has 1 aliphatic rings. The van der Waals surface area contributed by atoms with Crippen LogP contribution in [-0.4, -0.2) is 64.7 Å². The molecule has 3 amide bonds. The van der Waals surface area contributed by atoms with Gasteiger partial charge in [-0.1, -0.05) is 34.1 Å². The van der Waals surface area contributed by atoms with Crippen LogP contribution in [0.25, 0.3) is 0 Å². The Morgan fingerprint density at radius 1 is 1.06 bits per heavy atom. The number of carboxylic acids is 1. The van der Waals surface area contributed by atoms with Gasteiger partial charge in [0, 0.05) is 19.0 Å². The molecule has 9 heteroatoms. The first kappa shape index (κ1) is 27.7. The second-order valence-corrected chi connectivity index (χ2v) is 10.1. The van der Waals surface area contributed by atoms with E-state index in [1.807, 2.05) is 20.8 Å². The van der Waals surface area contributed by atoms with Gasteiger partial charge in [-0.15, -0.1) is 0 Å². The number of likely N-dealkylation sites (tertiary alicyclic amines) is 1. The average Bonchev–Trinajstić information content (AvgIpc) is 2.68. The molecule has 1 fully saturated rings. The Hall–Kier alpha value is -2.32. The number of amides is 3. The lowest BCUT2D eigenvalue weighted by Crippen LogP contribution is -2.53. The molecule has 0 spiro atoms. The Balaban J connectivity index is 2.71. The number of carboxylic acid groups (broad SMARTS) is 1. The fourth-order valence-electron chi connectivity index (χ4n) is 3.68. The third-order valence-electron chi connectivity index (χ3n) is 5.65. The van der Waals surface area contributed by atoms with Crippen LogP contribution in [0.5, 0.6) is 0 Å². The predicted octanol–water partition coefficient (Wildman–Crippen LogP) is 2.78. The van der Waals surface area contributed by atoms with E-state index in [0.717, 1.165) is 0 Å². The molecule has 1 aliphatic heterocycles. The van der Waals surface area contributed by atoms with Crippen molar-refractivity contribution in [2.24, 2.45) is 17.8 Å². The van der Waals surface area contributed by atoms with Crippen LogP contribution in [0.4, 0.5) is 4.79 Å². The second-order valence-electron chi connectivity index (χ2n) is 10.1. The third kappa shape index (κ3) is 9.04. The smallest absolute Gasteiger partial charge is 0.408 e. The van der Waals surface area contributed by atoms with Gasteiger partial charge in [-0.2, -0.15) is 0 Å². The number of nitrogens with one attached hydrogen (secondary N) is 2. The van der Waals surface area contributed by atoms with Crippen molar-refractivity contribution in [1.29, 1.82) is 0 Å². The number of hydrogen-bond donors (Lipinski definition) is 3. The minimum absolute atomic E-state index is 0.172. The zero-order valence-corrected chi connectivity index (χ0v) is 20.6. The van der Waals surface area contributed by atoms with E-state index < -0.39 is 29.7 Å². The van der Waals surface area contributed by atoms with Crippen molar-refractivity contribution in [2.45, 2.75) is 91.8 Å². The third-order valence-corrected chi connectivity index (χ3v) is 5.65. The van der Waals surface area contributed by atoms with Crippen molar-refractivity contribution in [3.05, 3.63) is 0 Å². The second kappa shape index (κ2) is 12.1. The summed E-state index contributed by atoms with van der Waals surface area (Å²) >= 11 is 0. The lowest BCUT2D eigenvalue weighted by Gasteiger charge is -2.35. The molecule has 1 saturated heterocycles. The van der Waals surface area contributed by atoms with E-state index in [9.17, 15) is 24.3 Å². The lowest BCUT2D eigenvalue weighted by atomic mass is 9.93. The molecule has 0 aromatic rings. The van der Waals surface area contributed by atoms with Gasteiger partial charge in [0.15, 0.2) is 0 Å². The van der Waals surface area contributed by atoms with Gasteiger partial charge in [0.05, 0.1) is 0 Å². The Morgan fingerprint density at radius 3 is 2.06 bits per heavy atom. The van der Waals surface area contributed by atoms with Crippen LogP contribution in [0.2, 0.25) is 0 Å². The number of alkyl carbamates (subject to hydrolysis) is 1. The summed E-state index contributed by atoms with van der Waals surface area (Å²) in [6.07, 6.45) is 1.39. The van der Waals surface area contributed by atoms with Crippen LogP contribution >= 0.6 is 0 Å². The quantitative estimate of drug-likeness (QED) is 0.491. The SMILES string of the molecule is CCC(C)C(NC(=O)C1CCN(C(=O)C(CC(C)C)NC(=O)OC(C)(C)C)CC1)C(=O)O. The summed E-state index contributed by atoms with van der Waals surface area (Å²) in [6, 6.07) is -1.61. The average molecular weight is 456 g/mol. The van der Waals surface area contributed by atoms with Gasteiger partial charge >= 0.3 is 12.1 Å². The molecule has 3 atom stereocenters. The Kier molecular flexibility index (Phi) is 10.4. The largest absolute Gasteiger partial charge is 0.480 e. The number of aliphatic carboxylic acids is 1. The highest BCUT2D eigenvalue weighted by Crippen LogP contribution is 2.21. The van der Waals surface area contributed by atoms with E-state index in [1.165, 1.54) is 0 Å². The lowest BCUT2D eigenvalue weighted by molar-refractivity contribution is -0.144. The highest BCUT2D eigenvalue weighted by molar-refractivity contribution is 5.87. The van der Waals surface area contributed by atoms with Gasteiger partial charge < -0.3 is 25.4 Å². The van der Waals surface area contributed by atoms with Crippen molar-refractivity contribution in [2.75, 3.05) is 13.1 Å². The first-order valence-corrected chi connectivity index (χ1v) is 11.6. The Bertz CT molecular complexity index is 665. The van der Waals surface area contributed by atoms with E-state index in [0.29, 0.717) is 38.8 Å². The Morgan fingerprint density at radius 2 is 1.62 bits per heavy atom. The molecule has 0 aromatic heterocycles. The van der Waals surface area contributed by atoms with E-state index in [-0.39, 0.29) is 29.6 Å². The minimum Gasteiger partial charge on any atom is -0.480 e. The van der Waals surface area contributed by atoms with Gasteiger partial charge in [0.1, 0.15) is 17.7 Å². The maximum Gasteiger partial charge on any atom is 0.408 e. The van der Waals surface area contributed by atoms with Crippen molar-refractivity contribution in [3.8, 4) is 0 Å². The minimum atomic E-state index is -1.04. The summed E-state index contributed by atoms with van der Waals surface area (Å²) in [6.45, 7) is 13.7. The topological polar surface area (TPSA) is 125 Å². The van der Waals surface area contributed by atoms with Gasteiger partial charge in [-0.05, 0) is 51.9 Å². The number of piperidine rings is 1. The standard InChI is InChI=1S/C23H41N3O6/c1-8-15(4)18(21(29)30)25-19(27)16-9-11-26(12-10-16)20(28)17(13-14(2)3)24-22(31)32-23(5,6)7/h14-18H,8-13H2,1-7H3,(H,24,31)(H,25,27)(H,29,30). The molecule has 1 heterocycles. The van der Waals surface area contributed by atoms with Crippen LogP contribution < -0.4 is 10.6 Å². The molecule has 184 valence electrons. The number of nitrogens with zero attached hydrogens (tertiary/aromatic N) is 1. The molecule has 3 N–H and O–H groups in total. The van der Waals surface area contributed by atoms with E-state index in [1.54, 1.807) is 32.6 Å². The molecule has 9 nitrogen and oxygen atoms in total. The molecular formula is C23H41N3O6. The van der Waals surface area contributed by atoms with Crippen LogP contribution in [0, 0.1) is 17.8 Å². The maximum absolute atomic E-state index is 13.1. The summed E-state index contributed by atoms with van der Waals surface area (Å²) in [5.41, 5.74) is -0.662. The van der Waals surface area contributed by atoms with E-state index in [2.05, 4.69) is 10.6 Å². The molecule has 0 bridgehead atoms. The molecule has 1 rings (SSSR count). The molecule has 0 aromatic carbocycles. The molecule has 3 unspecified atom stereocenters. The van der Waals surface area contributed by atoms with Gasteiger partial charge in [0.25, 0.3) is 0 Å². The van der Waals surface area contributed by atoms with Crippen LogP contribution in [-0.2, 0) is 19.1 Å². The zero-order valence-electron chi connectivity index (χ0n) is 20.6. The summed E-state index contributed by atoms with van der Waals surface area (Å²) in [7, 11) is 0. The maximum atomic E-state index is 13.1. The highest BCUT2D eigenvalue weighted by atomic mass is 16.6. The molecule has 32 heavy (non-hydrogen) atoms. The van der Waals surface area contributed by atoms with Crippen LogP contribution in [0.15, 0.2) is 0 Å². The van der Waals surface area contributed by atoms with Crippen molar-refractivity contribution >= 4 is 23.9 Å². The zero-order chi connectivity index (χ0) is 24.6. The normalized spacial score (nSPS) is 17.9. The monoisotopic (exact) mass is 455 g/mol. The van der Waals surface area contributed by atoms with E-state index in [4.69, 9.17) is 4.74 Å². The highest BCUT2D eigenvalue weighted by Gasteiger charge is 2.34. The first-order valence-electron chi connectivity index (χ1n) is 11.6. The van der Waals surface area contributed by atoms with Crippen molar-refractivity contribution in [3.63, 3.8) is 0 Å². The molecule has 0 radical (unpaired) electrons. The number of rotatable bonds is 9. The number of carbonyl (C=O) groups is 4. The molecule has 0 saturated carbocycles. The predicted molar refractivity (Wildman–Crippen MR) is 121 cm³/mol. The fourth-order valence-corrected chi connectivity index (χ4v) is 3.68. The van der Waals surface area contributed by atoms with Gasteiger partial charge in [0.2, 0.25) is 11.8 Å². The molecular weight excluding hydrogens is 414 g/mol. The number of carbonyl (C=O) groups excluding carboxylic acids is 3. The van der Waals surface area contributed by atoms with Crippen LogP contribution in [0.1, 0.15) is 74.1 Å². The number of hydrogen-bond acceptors (Lipinski definition) is 5. The summed E-state index contributed by atoms with van der Waals surface area (Å²) < 4.78 is 5.30. The van der Waals surface area contributed by atoms with Crippen LogP contribution in [0.3, 0.4) is 0 Å². The Labute approximate surface area is 191 Å². The fraction of sp³-hybridized carbons (Fsp3) is 0.826. The first-order chi connectivity index (χ1) is 14.7. The van der Waals surface area contributed by atoms with Crippen molar-refractivity contribution in [1.82, 2.24) is 15.5 Å². The van der Waals surface area contributed by atoms with Gasteiger partial charge in [-0.3, -0.25) is 9.59 Å². The summed E-state index contributed by atoms with van der Waals surface area (Å²) in [5.74, 6) is -1.83. The number of ether oxygens (including phenoxy) is 1.